The van der Waals surface area contributed by atoms with Crippen LogP contribution in [0.15, 0.2) is 36.5 Å². The maximum atomic E-state index is 14.1. The quantitative estimate of drug-likeness (QED) is 0.106. The first kappa shape index (κ1) is 42.6. The molecule has 3 unspecified atom stereocenters. The Kier molecular flexibility index (Phi) is 10.7. The fraction of sp³-hybridized carbons (Fsp3) is 0.660. The predicted molar refractivity (Wildman–Crippen MR) is 231 cm³/mol. The minimum absolute atomic E-state index is 0.0102. The Hall–Kier alpha value is -3.54. The average Bonchev–Trinajstić information content (AvgIpc) is 3.49. The van der Waals surface area contributed by atoms with Crippen LogP contribution in [0.3, 0.4) is 0 Å². The maximum absolute atomic E-state index is 14.1. The lowest BCUT2D eigenvalue weighted by Gasteiger charge is -2.70. The van der Waals surface area contributed by atoms with E-state index in [4.69, 9.17) is 28.7 Å². The van der Waals surface area contributed by atoms with Crippen LogP contribution in [0.5, 0.6) is 0 Å². The van der Waals surface area contributed by atoms with Crippen molar-refractivity contribution in [3.8, 4) is 11.1 Å². The molecule has 1 aliphatic heterocycles. The van der Waals surface area contributed by atoms with E-state index in [0.717, 1.165) is 60.9 Å². The number of rotatable bonds is 11. The van der Waals surface area contributed by atoms with Gasteiger partial charge < -0.3 is 23.5 Å². The molecule has 11 heteroatoms. The number of nitrogens with zero attached hydrogens (tertiary/aromatic N) is 4. The van der Waals surface area contributed by atoms with Crippen LogP contribution in [0.25, 0.3) is 11.1 Å². The Balaban J connectivity index is 1.19. The van der Waals surface area contributed by atoms with Gasteiger partial charge in [0.25, 0.3) is 0 Å². The Morgan fingerprint density at radius 2 is 1.59 bits per heavy atom. The summed E-state index contributed by atoms with van der Waals surface area (Å²) in [5.74, 6) is -0.177. The van der Waals surface area contributed by atoms with Crippen LogP contribution >= 0.6 is 0 Å². The lowest BCUT2D eigenvalue weighted by atomic mass is 9.38. The van der Waals surface area contributed by atoms with Gasteiger partial charge in [-0.15, -0.1) is 0 Å². The molecular formula is C47H68N4O6Si. The van der Waals surface area contributed by atoms with E-state index in [1.54, 1.807) is 6.07 Å². The summed E-state index contributed by atoms with van der Waals surface area (Å²) in [4.78, 5) is 33.9. The van der Waals surface area contributed by atoms with Gasteiger partial charge in [-0.2, -0.15) is 5.10 Å². The van der Waals surface area contributed by atoms with Gasteiger partial charge in [-0.1, -0.05) is 46.8 Å². The largest absolute Gasteiger partial charge is 0.465 e. The SMILES string of the molecule is COC(=O)c1cccc2c1CN(c1ccc(-c3cnn(C(C)C45CC6(C)CC(C)(CC(OCCO[Si](C)(C)C(C)(C)C)(C6)C4)C5)c3C)c(C(=O)OC(C)(C)C)n1)CC2. The van der Waals surface area contributed by atoms with Crippen molar-refractivity contribution in [2.24, 2.45) is 16.2 Å². The maximum Gasteiger partial charge on any atom is 0.358 e. The summed E-state index contributed by atoms with van der Waals surface area (Å²) in [6, 6.07) is 9.85. The molecule has 3 atom stereocenters. The number of benzene rings is 1. The minimum atomic E-state index is -1.87. The molecule has 1 aromatic carbocycles. The van der Waals surface area contributed by atoms with Crippen molar-refractivity contribution in [2.45, 2.75) is 156 Å². The van der Waals surface area contributed by atoms with E-state index in [1.165, 1.54) is 13.5 Å². The normalized spacial score (nSPS) is 27.4. The number of pyridine rings is 1. The van der Waals surface area contributed by atoms with Crippen LogP contribution in [0.2, 0.25) is 18.1 Å². The van der Waals surface area contributed by atoms with Gasteiger partial charge >= 0.3 is 11.9 Å². The summed E-state index contributed by atoms with van der Waals surface area (Å²) in [5.41, 5.74) is 4.95. The van der Waals surface area contributed by atoms with Crippen molar-refractivity contribution >= 4 is 26.1 Å². The number of carbonyl (C=O) groups is 2. The first-order valence-electron chi connectivity index (χ1n) is 21.4. The van der Waals surface area contributed by atoms with E-state index >= 15 is 0 Å². The second-order valence-corrected chi connectivity index (χ2v) is 26.4. The van der Waals surface area contributed by atoms with Crippen molar-refractivity contribution in [1.29, 1.82) is 0 Å². The molecule has 58 heavy (non-hydrogen) atoms. The third-order valence-corrected chi connectivity index (χ3v) is 18.9. The van der Waals surface area contributed by atoms with Crippen LogP contribution in [-0.2, 0) is 31.6 Å². The highest BCUT2D eigenvalue weighted by Crippen LogP contribution is 2.74. The highest BCUT2D eigenvalue weighted by Gasteiger charge is 2.67. The van der Waals surface area contributed by atoms with Gasteiger partial charge in [0.1, 0.15) is 11.4 Å². The third-order valence-electron chi connectivity index (χ3n) is 14.4. The molecule has 10 nitrogen and oxygen atoms in total. The van der Waals surface area contributed by atoms with Crippen LogP contribution in [0.4, 0.5) is 5.82 Å². The highest BCUT2D eigenvalue weighted by molar-refractivity contribution is 6.74. The number of anilines is 1. The van der Waals surface area contributed by atoms with E-state index in [0.29, 0.717) is 43.2 Å². The lowest BCUT2D eigenvalue weighted by Crippen LogP contribution is -2.65. The standard InChI is InChI=1S/C47H68N4O6Si/c1-31-36(34-17-18-38(49-39(34)41(53)57-42(3,4)5)50-20-19-33-15-14-16-35(37(33)24-50)40(52)54-11)23-48-51(31)32(2)46-26-44(9)25-45(10,27-46)29-47(28-44,30-46)55-21-22-56-58(12,13)43(6,7)8/h14-18,23,32H,19-22,24-30H2,1-13H3. The number of fused-ring (bicyclic) bond motifs is 1. The Labute approximate surface area is 347 Å². The molecule has 2 aromatic heterocycles. The van der Waals surface area contributed by atoms with Gasteiger partial charge in [0.2, 0.25) is 0 Å². The molecule has 4 fully saturated rings. The summed E-state index contributed by atoms with van der Waals surface area (Å²) in [7, 11) is -0.461. The number of ether oxygens (including phenoxy) is 3. The van der Waals surface area contributed by atoms with Crippen molar-refractivity contribution in [2.75, 3.05) is 31.8 Å². The van der Waals surface area contributed by atoms with Gasteiger partial charge in [0.05, 0.1) is 43.7 Å². The average molecular weight is 813 g/mol. The minimum Gasteiger partial charge on any atom is -0.465 e. The monoisotopic (exact) mass is 812 g/mol. The van der Waals surface area contributed by atoms with Crippen LogP contribution in [-0.4, -0.2) is 73.1 Å². The number of methoxy groups -OCH3 is 1. The summed E-state index contributed by atoms with van der Waals surface area (Å²) in [6.45, 7) is 29.0. The summed E-state index contributed by atoms with van der Waals surface area (Å²) in [6.07, 6.45) is 9.37. The van der Waals surface area contributed by atoms with E-state index in [1.807, 2.05) is 45.2 Å². The molecule has 0 spiro atoms. The Bertz CT molecular complexity index is 2060. The van der Waals surface area contributed by atoms with E-state index in [9.17, 15) is 9.59 Å². The number of carbonyl (C=O) groups excluding carboxylic acids is 2. The zero-order valence-electron chi connectivity index (χ0n) is 37.6. The van der Waals surface area contributed by atoms with Crippen molar-refractivity contribution < 1.29 is 28.2 Å². The van der Waals surface area contributed by atoms with Crippen LogP contribution in [0, 0.1) is 23.2 Å². The summed E-state index contributed by atoms with van der Waals surface area (Å²) >= 11 is 0. The fourth-order valence-corrected chi connectivity index (χ4v) is 12.8. The topological polar surface area (TPSA) is 105 Å². The van der Waals surface area contributed by atoms with Gasteiger partial charge in [-0.25, -0.2) is 14.6 Å². The van der Waals surface area contributed by atoms with Gasteiger partial charge in [-0.05, 0) is 143 Å². The molecule has 8 rings (SSSR count). The van der Waals surface area contributed by atoms with Gasteiger partial charge in [0, 0.05) is 29.9 Å². The van der Waals surface area contributed by atoms with Crippen molar-refractivity contribution in [3.63, 3.8) is 0 Å². The molecule has 0 radical (unpaired) electrons. The highest BCUT2D eigenvalue weighted by atomic mass is 28.4. The zero-order valence-corrected chi connectivity index (χ0v) is 38.6. The second kappa shape index (κ2) is 14.6. The molecule has 3 heterocycles. The summed E-state index contributed by atoms with van der Waals surface area (Å²) < 4.78 is 26.9. The molecule has 4 saturated carbocycles. The van der Waals surface area contributed by atoms with E-state index < -0.39 is 19.9 Å². The first-order chi connectivity index (χ1) is 26.9. The first-order valence-corrected chi connectivity index (χ1v) is 24.3. The Morgan fingerprint density at radius 3 is 2.22 bits per heavy atom. The zero-order chi connectivity index (χ0) is 42.3. The second-order valence-electron chi connectivity index (χ2n) is 21.6. The smallest absolute Gasteiger partial charge is 0.358 e. The molecule has 0 N–H and O–H groups in total. The number of aromatic nitrogens is 3. The number of esters is 2. The molecule has 3 aromatic rings. The number of hydrogen-bond donors (Lipinski definition) is 0. The Morgan fingerprint density at radius 1 is 0.897 bits per heavy atom. The van der Waals surface area contributed by atoms with Gasteiger partial charge in [-0.3, -0.25) is 4.68 Å². The predicted octanol–water partition coefficient (Wildman–Crippen LogP) is 10.3. The van der Waals surface area contributed by atoms with Crippen LogP contribution in [0.1, 0.15) is 145 Å². The molecule has 316 valence electrons. The van der Waals surface area contributed by atoms with E-state index in [-0.39, 0.29) is 44.6 Å². The fourth-order valence-electron chi connectivity index (χ4n) is 11.8. The van der Waals surface area contributed by atoms with Crippen molar-refractivity contribution in [3.05, 3.63) is 64.6 Å². The van der Waals surface area contributed by atoms with E-state index in [2.05, 4.69) is 77.2 Å². The van der Waals surface area contributed by atoms with Crippen LogP contribution < -0.4 is 4.90 Å². The molecule has 4 bridgehead atoms. The molecule has 0 amide bonds. The summed E-state index contributed by atoms with van der Waals surface area (Å²) in [5, 5.41) is 5.28. The molecule has 5 aliphatic rings. The molecular weight excluding hydrogens is 745 g/mol. The molecule has 4 aliphatic carbocycles. The van der Waals surface area contributed by atoms with Gasteiger partial charge in [0.15, 0.2) is 14.0 Å². The molecule has 0 saturated heterocycles. The lowest BCUT2D eigenvalue weighted by molar-refractivity contribution is -0.255. The van der Waals surface area contributed by atoms with Crippen molar-refractivity contribution in [1.82, 2.24) is 14.8 Å². The number of hydrogen-bond acceptors (Lipinski definition) is 9. The third kappa shape index (κ3) is 7.92.